The summed E-state index contributed by atoms with van der Waals surface area (Å²) in [5.74, 6) is 0.968. The maximum atomic E-state index is 11.7. The van der Waals surface area contributed by atoms with Crippen molar-refractivity contribution >= 4 is 5.97 Å². The van der Waals surface area contributed by atoms with Crippen LogP contribution in [0.3, 0.4) is 0 Å². The first kappa shape index (κ1) is 17.5. The number of nitrogens with two attached hydrogens (primary N) is 1. The van der Waals surface area contributed by atoms with Crippen LogP contribution in [0.15, 0.2) is 24.3 Å². The van der Waals surface area contributed by atoms with Crippen molar-refractivity contribution in [2.75, 3.05) is 13.2 Å². The summed E-state index contributed by atoms with van der Waals surface area (Å²) in [6.45, 7) is 8.65. The first-order valence-electron chi connectivity index (χ1n) is 7.56. The van der Waals surface area contributed by atoms with Gasteiger partial charge in [0.1, 0.15) is 11.3 Å². The molecule has 0 saturated heterocycles. The Bertz CT molecular complexity index is 455. The standard InChI is InChI=1S/C17H27NO3/c1-5-20-16(19)17(4,18)11-8-12-21-15-10-7-6-9-14(15)13(2)3/h6-7,9-10,13H,5,8,11-12,18H2,1-4H3. The summed E-state index contributed by atoms with van der Waals surface area (Å²) >= 11 is 0. The lowest BCUT2D eigenvalue weighted by Gasteiger charge is -2.22. The van der Waals surface area contributed by atoms with Gasteiger partial charge in [-0.1, -0.05) is 32.0 Å². The lowest BCUT2D eigenvalue weighted by Crippen LogP contribution is -2.46. The Labute approximate surface area is 127 Å². The molecule has 4 nitrogen and oxygen atoms in total. The van der Waals surface area contributed by atoms with Gasteiger partial charge in [0.05, 0.1) is 13.2 Å². The fourth-order valence-electron chi connectivity index (χ4n) is 2.11. The topological polar surface area (TPSA) is 61.5 Å². The minimum atomic E-state index is -0.947. The predicted octanol–water partition coefficient (Wildman–Crippen LogP) is 3.25. The van der Waals surface area contributed by atoms with Crippen molar-refractivity contribution in [3.05, 3.63) is 29.8 Å². The lowest BCUT2D eigenvalue weighted by molar-refractivity contribution is -0.149. The van der Waals surface area contributed by atoms with Crippen LogP contribution in [0.5, 0.6) is 5.75 Å². The monoisotopic (exact) mass is 293 g/mol. The van der Waals surface area contributed by atoms with Crippen molar-refractivity contribution in [1.29, 1.82) is 0 Å². The van der Waals surface area contributed by atoms with Gasteiger partial charge in [0, 0.05) is 0 Å². The molecule has 21 heavy (non-hydrogen) atoms. The Kier molecular flexibility index (Phi) is 6.69. The van der Waals surface area contributed by atoms with E-state index in [1.54, 1.807) is 13.8 Å². The average Bonchev–Trinajstić information content (AvgIpc) is 2.44. The molecule has 118 valence electrons. The second kappa shape index (κ2) is 8.03. The number of esters is 1. The largest absolute Gasteiger partial charge is 0.493 e. The van der Waals surface area contributed by atoms with Crippen LogP contribution in [0.2, 0.25) is 0 Å². The zero-order chi connectivity index (χ0) is 15.9. The molecule has 1 atom stereocenters. The fourth-order valence-corrected chi connectivity index (χ4v) is 2.11. The molecule has 4 heteroatoms. The number of carbonyl (C=O) groups excluding carboxylic acids is 1. The van der Waals surface area contributed by atoms with Gasteiger partial charge in [-0.3, -0.25) is 4.79 Å². The SMILES string of the molecule is CCOC(=O)C(C)(N)CCCOc1ccccc1C(C)C. The van der Waals surface area contributed by atoms with Crippen molar-refractivity contribution in [3.8, 4) is 5.75 Å². The van der Waals surface area contributed by atoms with Gasteiger partial charge in [0.25, 0.3) is 0 Å². The van der Waals surface area contributed by atoms with E-state index in [1.165, 1.54) is 5.56 Å². The van der Waals surface area contributed by atoms with Crippen LogP contribution in [-0.4, -0.2) is 24.7 Å². The average molecular weight is 293 g/mol. The molecule has 1 aromatic carbocycles. The van der Waals surface area contributed by atoms with Gasteiger partial charge in [-0.25, -0.2) is 0 Å². The Balaban J connectivity index is 2.46. The number of benzene rings is 1. The third kappa shape index (κ3) is 5.38. The smallest absolute Gasteiger partial charge is 0.325 e. The molecule has 0 aromatic heterocycles. The molecule has 0 aliphatic heterocycles. The molecule has 0 saturated carbocycles. The van der Waals surface area contributed by atoms with E-state index >= 15 is 0 Å². The highest BCUT2D eigenvalue weighted by Gasteiger charge is 2.29. The Morgan fingerprint density at radius 3 is 2.62 bits per heavy atom. The lowest BCUT2D eigenvalue weighted by atomic mass is 9.97. The van der Waals surface area contributed by atoms with Crippen LogP contribution in [-0.2, 0) is 9.53 Å². The van der Waals surface area contributed by atoms with E-state index < -0.39 is 5.54 Å². The Morgan fingerprint density at radius 2 is 2.00 bits per heavy atom. The fraction of sp³-hybridized carbons (Fsp3) is 0.588. The predicted molar refractivity (Wildman–Crippen MR) is 84.5 cm³/mol. The molecular formula is C17H27NO3. The molecule has 0 heterocycles. The first-order chi connectivity index (χ1) is 9.88. The molecule has 0 fully saturated rings. The van der Waals surface area contributed by atoms with Crippen molar-refractivity contribution in [2.24, 2.45) is 5.73 Å². The van der Waals surface area contributed by atoms with Crippen molar-refractivity contribution < 1.29 is 14.3 Å². The van der Waals surface area contributed by atoms with Crippen LogP contribution >= 0.6 is 0 Å². The maximum Gasteiger partial charge on any atom is 0.325 e. The highest BCUT2D eigenvalue weighted by molar-refractivity contribution is 5.79. The number of rotatable bonds is 8. The van der Waals surface area contributed by atoms with Gasteiger partial charge in [0.2, 0.25) is 0 Å². The van der Waals surface area contributed by atoms with Crippen molar-refractivity contribution in [3.63, 3.8) is 0 Å². The quantitative estimate of drug-likeness (QED) is 0.590. The molecule has 0 radical (unpaired) electrons. The van der Waals surface area contributed by atoms with Gasteiger partial charge in [0.15, 0.2) is 0 Å². The van der Waals surface area contributed by atoms with Crippen molar-refractivity contribution in [2.45, 2.75) is 52.0 Å². The molecule has 1 aromatic rings. The summed E-state index contributed by atoms with van der Waals surface area (Å²) in [6.07, 6.45) is 1.24. The summed E-state index contributed by atoms with van der Waals surface area (Å²) in [4.78, 5) is 11.7. The highest BCUT2D eigenvalue weighted by Crippen LogP contribution is 2.26. The molecule has 0 spiro atoms. The van der Waals surface area contributed by atoms with E-state index in [-0.39, 0.29) is 5.97 Å². The zero-order valence-electron chi connectivity index (χ0n) is 13.5. The van der Waals surface area contributed by atoms with Crippen LogP contribution in [0.1, 0.15) is 52.0 Å². The third-order valence-electron chi connectivity index (χ3n) is 3.38. The number of hydrogen-bond acceptors (Lipinski definition) is 4. The summed E-state index contributed by atoms with van der Waals surface area (Å²) in [5.41, 5.74) is 6.22. The van der Waals surface area contributed by atoms with Crippen LogP contribution in [0.25, 0.3) is 0 Å². The number of para-hydroxylation sites is 1. The van der Waals surface area contributed by atoms with Crippen LogP contribution in [0.4, 0.5) is 0 Å². The number of carbonyl (C=O) groups is 1. The van der Waals surface area contributed by atoms with E-state index in [2.05, 4.69) is 19.9 Å². The number of ether oxygens (including phenoxy) is 2. The molecule has 0 amide bonds. The molecular weight excluding hydrogens is 266 g/mol. The summed E-state index contributed by atoms with van der Waals surface area (Å²) < 4.78 is 10.8. The van der Waals surface area contributed by atoms with E-state index in [0.29, 0.717) is 32.0 Å². The van der Waals surface area contributed by atoms with Gasteiger partial charge < -0.3 is 15.2 Å². The van der Waals surface area contributed by atoms with Gasteiger partial charge in [-0.15, -0.1) is 0 Å². The molecule has 1 unspecified atom stereocenters. The van der Waals surface area contributed by atoms with E-state index in [9.17, 15) is 4.79 Å². The molecule has 1 rings (SSSR count). The Morgan fingerprint density at radius 1 is 1.33 bits per heavy atom. The van der Waals surface area contributed by atoms with E-state index in [4.69, 9.17) is 15.2 Å². The Hall–Kier alpha value is -1.55. The summed E-state index contributed by atoms with van der Waals surface area (Å²) in [5, 5.41) is 0. The van der Waals surface area contributed by atoms with Crippen molar-refractivity contribution in [1.82, 2.24) is 0 Å². The molecule has 0 aliphatic carbocycles. The van der Waals surface area contributed by atoms with E-state index in [1.807, 2.05) is 18.2 Å². The maximum absolute atomic E-state index is 11.7. The summed E-state index contributed by atoms with van der Waals surface area (Å²) in [7, 11) is 0. The molecule has 0 bridgehead atoms. The van der Waals surface area contributed by atoms with E-state index in [0.717, 1.165) is 5.75 Å². The second-order valence-corrected chi connectivity index (χ2v) is 5.78. The van der Waals surface area contributed by atoms with Crippen LogP contribution in [0, 0.1) is 0 Å². The first-order valence-corrected chi connectivity index (χ1v) is 7.56. The normalized spacial score (nSPS) is 13.8. The minimum absolute atomic E-state index is 0.351. The highest BCUT2D eigenvalue weighted by atomic mass is 16.5. The van der Waals surface area contributed by atoms with Gasteiger partial charge in [-0.05, 0) is 44.2 Å². The van der Waals surface area contributed by atoms with Gasteiger partial charge >= 0.3 is 5.97 Å². The number of hydrogen-bond donors (Lipinski definition) is 1. The molecule has 0 aliphatic rings. The van der Waals surface area contributed by atoms with Gasteiger partial charge in [-0.2, -0.15) is 0 Å². The zero-order valence-corrected chi connectivity index (χ0v) is 13.5. The summed E-state index contributed by atoms with van der Waals surface area (Å²) in [6, 6.07) is 8.03. The molecule has 2 N–H and O–H groups in total. The second-order valence-electron chi connectivity index (χ2n) is 5.78. The van der Waals surface area contributed by atoms with Crippen LogP contribution < -0.4 is 10.5 Å². The third-order valence-corrected chi connectivity index (χ3v) is 3.38. The minimum Gasteiger partial charge on any atom is -0.493 e.